The number of rotatable bonds is 3. The molecule has 6 heteroatoms. The summed E-state index contributed by atoms with van der Waals surface area (Å²) in [5.41, 5.74) is 3.16. The van der Waals surface area contributed by atoms with E-state index >= 15 is 0 Å². The van der Waals surface area contributed by atoms with Crippen molar-refractivity contribution < 1.29 is 13.5 Å². The van der Waals surface area contributed by atoms with Gasteiger partial charge in [-0.15, -0.1) is 0 Å². The third-order valence-corrected chi connectivity index (χ3v) is 4.74. The quantitative estimate of drug-likeness (QED) is 0.770. The maximum absolute atomic E-state index is 11.7. The Morgan fingerprint density at radius 3 is 2.57 bits per heavy atom. The summed E-state index contributed by atoms with van der Waals surface area (Å²) in [6.45, 7) is 1.94. The molecule has 0 saturated heterocycles. The standard InChI is InChI=1S/C17H16N2O3S/c1-11-3-4-12(20)9-16(11)19-15-7-8-18-17-10-13(23(2,21)22)5-6-14(15)17/h3-10,20H,1-2H3,(H,18,19). The van der Waals surface area contributed by atoms with Gasteiger partial charge in [0.1, 0.15) is 5.75 Å². The zero-order valence-electron chi connectivity index (χ0n) is 12.7. The van der Waals surface area contributed by atoms with Gasteiger partial charge in [0.25, 0.3) is 0 Å². The van der Waals surface area contributed by atoms with Crippen molar-refractivity contribution in [1.29, 1.82) is 0 Å². The Balaban J connectivity index is 2.10. The van der Waals surface area contributed by atoms with Crippen molar-refractivity contribution in [2.45, 2.75) is 11.8 Å². The van der Waals surface area contributed by atoms with Crippen LogP contribution in [0.3, 0.4) is 0 Å². The normalized spacial score (nSPS) is 11.6. The van der Waals surface area contributed by atoms with Gasteiger partial charge in [-0.25, -0.2) is 8.42 Å². The number of aromatic hydroxyl groups is 1. The molecule has 0 spiro atoms. The van der Waals surface area contributed by atoms with E-state index < -0.39 is 9.84 Å². The minimum Gasteiger partial charge on any atom is -0.508 e. The van der Waals surface area contributed by atoms with Crippen LogP contribution in [0.4, 0.5) is 11.4 Å². The van der Waals surface area contributed by atoms with Gasteiger partial charge in [-0.2, -0.15) is 0 Å². The van der Waals surface area contributed by atoms with Crippen LogP contribution in [0.25, 0.3) is 10.9 Å². The minimum absolute atomic E-state index is 0.177. The van der Waals surface area contributed by atoms with Crippen LogP contribution in [0.15, 0.2) is 53.6 Å². The number of aromatic nitrogens is 1. The lowest BCUT2D eigenvalue weighted by molar-refractivity contribution is 0.475. The lowest BCUT2D eigenvalue weighted by atomic mass is 10.1. The number of hydrogen-bond donors (Lipinski definition) is 2. The highest BCUT2D eigenvalue weighted by Gasteiger charge is 2.10. The number of sulfone groups is 1. The van der Waals surface area contributed by atoms with E-state index in [9.17, 15) is 13.5 Å². The summed E-state index contributed by atoms with van der Waals surface area (Å²) in [5.74, 6) is 0.177. The Hall–Kier alpha value is -2.60. The van der Waals surface area contributed by atoms with E-state index in [1.165, 1.54) is 6.26 Å². The maximum Gasteiger partial charge on any atom is 0.175 e. The summed E-state index contributed by atoms with van der Waals surface area (Å²) in [6, 6.07) is 11.8. The zero-order valence-corrected chi connectivity index (χ0v) is 13.6. The van der Waals surface area contributed by atoms with Gasteiger partial charge in [-0.05, 0) is 42.8 Å². The second kappa shape index (κ2) is 5.55. The van der Waals surface area contributed by atoms with Crippen LogP contribution in [-0.4, -0.2) is 24.8 Å². The molecule has 0 aliphatic carbocycles. The molecule has 1 heterocycles. The molecule has 2 aromatic carbocycles. The predicted molar refractivity (Wildman–Crippen MR) is 91.0 cm³/mol. The number of pyridine rings is 1. The van der Waals surface area contributed by atoms with Crippen LogP contribution >= 0.6 is 0 Å². The minimum atomic E-state index is -3.27. The smallest absolute Gasteiger partial charge is 0.175 e. The highest BCUT2D eigenvalue weighted by atomic mass is 32.2. The van der Waals surface area contributed by atoms with Gasteiger partial charge in [0.05, 0.1) is 10.4 Å². The average molecular weight is 328 g/mol. The Morgan fingerprint density at radius 1 is 1.04 bits per heavy atom. The van der Waals surface area contributed by atoms with Crippen molar-refractivity contribution in [3.8, 4) is 5.75 Å². The Bertz CT molecular complexity index is 998. The fourth-order valence-electron chi connectivity index (χ4n) is 2.36. The molecular formula is C17H16N2O3S. The molecule has 118 valence electrons. The molecule has 3 rings (SSSR count). The fourth-order valence-corrected chi connectivity index (χ4v) is 3.00. The molecule has 0 amide bonds. The number of fused-ring (bicyclic) bond motifs is 1. The Kier molecular flexibility index (Phi) is 3.69. The first-order valence-corrected chi connectivity index (χ1v) is 8.89. The number of aryl methyl sites for hydroxylation is 1. The lowest BCUT2D eigenvalue weighted by Gasteiger charge is -2.12. The first-order valence-electron chi connectivity index (χ1n) is 7.00. The number of nitrogens with zero attached hydrogens (tertiary/aromatic N) is 1. The van der Waals surface area contributed by atoms with E-state index in [1.54, 1.807) is 36.5 Å². The second-order valence-corrected chi connectivity index (χ2v) is 7.45. The zero-order chi connectivity index (χ0) is 16.6. The van der Waals surface area contributed by atoms with Crippen LogP contribution in [0, 0.1) is 6.92 Å². The average Bonchev–Trinajstić information content (AvgIpc) is 2.50. The molecule has 0 aliphatic rings. The molecular weight excluding hydrogens is 312 g/mol. The van der Waals surface area contributed by atoms with Gasteiger partial charge in [0.15, 0.2) is 9.84 Å². The molecule has 2 N–H and O–H groups in total. The van der Waals surface area contributed by atoms with Gasteiger partial charge < -0.3 is 10.4 Å². The monoisotopic (exact) mass is 328 g/mol. The topological polar surface area (TPSA) is 79.3 Å². The molecule has 3 aromatic rings. The van der Waals surface area contributed by atoms with Crippen molar-refractivity contribution in [2.75, 3.05) is 11.6 Å². The largest absolute Gasteiger partial charge is 0.508 e. The van der Waals surface area contributed by atoms with Gasteiger partial charge >= 0.3 is 0 Å². The Morgan fingerprint density at radius 2 is 1.83 bits per heavy atom. The molecule has 1 aromatic heterocycles. The molecule has 0 saturated carbocycles. The highest BCUT2D eigenvalue weighted by Crippen LogP contribution is 2.29. The van der Waals surface area contributed by atoms with Crippen LogP contribution < -0.4 is 5.32 Å². The number of hydrogen-bond acceptors (Lipinski definition) is 5. The van der Waals surface area contributed by atoms with Crippen molar-refractivity contribution in [3.63, 3.8) is 0 Å². The van der Waals surface area contributed by atoms with E-state index in [0.717, 1.165) is 22.3 Å². The molecule has 0 atom stereocenters. The second-order valence-electron chi connectivity index (χ2n) is 5.43. The molecule has 0 unspecified atom stereocenters. The van der Waals surface area contributed by atoms with E-state index in [0.29, 0.717) is 5.52 Å². The van der Waals surface area contributed by atoms with Crippen LogP contribution in [0.5, 0.6) is 5.75 Å². The van der Waals surface area contributed by atoms with E-state index in [1.807, 2.05) is 19.1 Å². The van der Waals surface area contributed by atoms with Crippen molar-refractivity contribution in [1.82, 2.24) is 4.98 Å². The van der Waals surface area contributed by atoms with Crippen LogP contribution in [0.2, 0.25) is 0 Å². The first-order chi connectivity index (χ1) is 10.8. The van der Waals surface area contributed by atoms with Crippen molar-refractivity contribution in [2.24, 2.45) is 0 Å². The third kappa shape index (κ3) is 3.12. The summed E-state index contributed by atoms with van der Waals surface area (Å²) >= 11 is 0. The Labute approximate surface area is 134 Å². The van der Waals surface area contributed by atoms with Gasteiger partial charge in [0, 0.05) is 35.3 Å². The number of benzene rings is 2. The van der Waals surface area contributed by atoms with Gasteiger partial charge in [-0.1, -0.05) is 6.07 Å². The molecule has 0 radical (unpaired) electrons. The predicted octanol–water partition coefficient (Wildman–Crippen LogP) is 3.40. The molecule has 0 bridgehead atoms. The lowest BCUT2D eigenvalue weighted by Crippen LogP contribution is -1.98. The number of anilines is 2. The number of phenols is 1. The van der Waals surface area contributed by atoms with Gasteiger partial charge in [0.2, 0.25) is 0 Å². The molecule has 5 nitrogen and oxygen atoms in total. The fraction of sp³-hybridized carbons (Fsp3) is 0.118. The van der Waals surface area contributed by atoms with Crippen molar-refractivity contribution >= 4 is 32.1 Å². The number of nitrogens with one attached hydrogen (secondary N) is 1. The maximum atomic E-state index is 11.7. The summed E-state index contributed by atoms with van der Waals surface area (Å²) in [5, 5.41) is 13.7. The molecule has 0 fully saturated rings. The van der Waals surface area contributed by atoms with Crippen LogP contribution in [-0.2, 0) is 9.84 Å². The van der Waals surface area contributed by atoms with E-state index in [-0.39, 0.29) is 10.6 Å². The summed E-state index contributed by atoms with van der Waals surface area (Å²) < 4.78 is 23.3. The van der Waals surface area contributed by atoms with Crippen LogP contribution in [0.1, 0.15) is 5.56 Å². The van der Waals surface area contributed by atoms with E-state index in [4.69, 9.17) is 0 Å². The molecule has 23 heavy (non-hydrogen) atoms. The van der Waals surface area contributed by atoms with E-state index in [2.05, 4.69) is 10.3 Å². The van der Waals surface area contributed by atoms with Gasteiger partial charge in [-0.3, -0.25) is 4.98 Å². The molecule has 0 aliphatic heterocycles. The number of phenolic OH excluding ortho intramolecular Hbond substituents is 1. The summed E-state index contributed by atoms with van der Waals surface area (Å²) in [7, 11) is -3.27. The highest BCUT2D eigenvalue weighted by molar-refractivity contribution is 7.90. The van der Waals surface area contributed by atoms with Crippen molar-refractivity contribution in [3.05, 3.63) is 54.2 Å². The summed E-state index contributed by atoms with van der Waals surface area (Å²) in [4.78, 5) is 4.48. The SMILES string of the molecule is Cc1ccc(O)cc1Nc1ccnc2cc(S(C)(=O)=O)ccc12. The first kappa shape index (κ1) is 15.3. The third-order valence-electron chi connectivity index (χ3n) is 3.63. The summed E-state index contributed by atoms with van der Waals surface area (Å²) in [6.07, 6.45) is 2.79.